The van der Waals surface area contributed by atoms with E-state index in [0.29, 0.717) is 19.5 Å². The Kier molecular flexibility index (Phi) is 5.12. The normalized spacial score (nSPS) is 17.0. The van der Waals surface area contributed by atoms with E-state index in [2.05, 4.69) is 4.72 Å². The average Bonchev–Trinajstić information content (AvgIpc) is 2.82. The van der Waals surface area contributed by atoms with Gasteiger partial charge in [0, 0.05) is 26.1 Å². The van der Waals surface area contributed by atoms with Crippen LogP contribution in [0.1, 0.15) is 19.8 Å². The number of carbonyl (C=O) groups is 1. The number of nitrogens with one attached hydrogen (secondary N) is 1. The second-order valence-electron chi connectivity index (χ2n) is 5.45. The van der Waals surface area contributed by atoms with Crippen molar-refractivity contribution >= 4 is 15.9 Å². The zero-order valence-electron chi connectivity index (χ0n) is 12.2. The van der Waals surface area contributed by atoms with Crippen molar-refractivity contribution < 1.29 is 22.0 Å². The summed E-state index contributed by atoms with van der Waals surface area (Å²) in [7, 11) is -4.27. The number of hydrogen-bond donors (Lipinski definition) is 1. The molecule has 1 N–H and O–H groups in total. The van der Waals surface area contributed by atoms with Gasteiger partial charge in [0.15, 0.2) is 4.90 Å². The van der Waals surface area contributed by atoms with Crippen molar-refractivity contribution in [1.29, 1.82) is 0 Å². The molecule has 1 heterocycles. The van der Waals surface area contributed by atoms with E-state index in [4.69, 9.17) is 0 Å². The zero-order chi connectivity index (χ0) is 16.3. The maximum atomic E-state index is 13.5. The molecule has 1 fully saturated rings. The van der Waals surface area contributed by atoms with Gasteiger partial charge >= 0.3 is 0 Å². The average molecular weight is 332 g/mol. The lowest BCUT2D eigenvalue weighted by atomic mass is 10.2. The van der Waals surface area contributed by atoms with Crippen molar-refractivity contribution in [3.63, 3.8) is 0 Å². The predicted molar refractivity (Wildman–Crippen MR) is 76.5 cm³/mol. The minimum absolute atomic E-state index is 0.000111. The van der Waals surface area contributed by atoms with Gasteiger partial charge in [0.25, 0.3) is 0 Å². The Labute approximate surface area is 128 Å². The molecule has 0 unspecified atom stereocenters. The second kappa shape index (κ2) is 6.70. The van der Waals surface area contributed by atoms with Crippen LogP contribution >= 0.6 is 0 Å². The molecule has 122 valence electrons. The van der Waals surface area contributed by atoms with Crippen molar-refractivity contribution in [1.82, 2.24) is 9.62 Å². The van der Waals surface area contributed by atoms with Gasteiger partial charge in [-0.3, -0.25) is 4.79 Å². The van der Waals surface area contributed by atoms with Crippen LogP contribution in [-0.2, 0) is 14.8 Å². The summed E-state index contributed by atoms with van der Waals surface area (Å²) in [5, 5.41) is 0. The van der Waals surface area contributed by atoms with Gasteiger partial charge in [-0.2, -0.15) is 0 Å². The molecule has 1 saturated heterocycles. The summed E-state index contributed by atoms with van der Waals surface area (Å²) in [4.78, 5) is 12.2. The summed E-state index contributed by atoms with van der Waals surface area (Å²) < 4.78 is 53.3. The van der Waals surface area contributed by atoms with Crippen molar-refractivity contribution in [2.24, 2.45) is 5.92 Å². The highest BCUT2D eigenvalue weighted by molar-refractivity contribution is 7.89. The maximum absolute atomic E-state index is 13.5. The summed E-state index contributed by atoms with van der Waals surface area (Å²) >= 11 is 0. The van der Waals surface area contributed by atoms with Crippen LogP contribution in [0.3, 0.4) is 0 Å². The Morgan fingerprint density at radius 1 is 1.32 bits per heavy atom. The van der Waals surface area contributed by atoms with E-state index in [1.165, 1.54) is 0 Å². The van der Waals surface area contributed by atoms with E-state index < -0.39 is 26.6 Å². The second-order valence-corrected chi connectivity index (χ2v) is 7.15. The van der Waals surface area contributed by atoms with E-state index in [0.717, 1.165) is 24.6 Å². The van der Waals surface area contributed by atoms with Gasteiger partial charge in [-0.1, -0.05) is 13.0 Å². The Morgan fingerprint density at radius 3 is 2.50 bits per heavy atom. The van der Waals surface area contributed by atoms with Gasteiger partial charge in [-0.25, -0.2) is 21.9 Å². The van der Waals surface area contributed by atoms with Crippen molar-refractivity contribution in [2.45, 2.75) is 24.7 Å². The lowest BCUT2D eigenvalue weighted by molar-refractivity contribution is -0.128. The van der Waals surface area contributed by atoms with Crippen LogP contribution in [0.2, 0.25) is 0 Å². The number of rotatable bonds is 6. The molecule has 0 radical (unpaired) electrons. The smallest absolute Gasteiger partial charge is 0.246 e. The van der Waals surface area contributed by atoms with Crippen LogP contribution in [-0.4, -0.2) is 38.9 Å². The van der Waals surface area contributed by atoms with Crippen LogP contribution in [0.5, 0.6) is 0 Å². The number of sulfonamides is 1. The number of hydrogen-bond acceptors (Lipinski definition) is 3. The molecule has 0 aliphatic carbocycles. The highest BCUT2D eigenvalue weighted by Crippen LogP contribution is 2.18. The first-order valence-corrected chi connectivity index (χ1v) is 8.51. The van der Waals surface area contributed by atoms with E-state index in [1.54, 1.807) is 11.8 Å². The number of halogens is 2. The molecule has 1 amide bonds. The number of likely N-dealkylation sites (tertiary alicyclic amines) is 1. The molecule has 1 aromatic rings. The van der Waals surface area contributed by atoms with Crippen molar-refractivity contribution in [2.75, 3.05) is 19.6 Å². The molecule has 1 aliphatic rings. The maximum Gasteiger partial charge on any atom is 0.246 e. The lowest BCUT2D eigenvalue weighted by Gasteiger charge is -2.21. The molecule has 1 aliphatic heterocycles. The molecular weight excluding hydrogens is 314 g/mol. The summed E-state index contributed by atoms with van der Waals surface area (Å²) in [6.07, 6.45) is 1.32. The molecule has 0 spiro atoms. The van der Waals surface area contributed by atoms with E-state index in [9.17, 15) is 22.0 Å². The minimum atomic E-state index is -4.27. The predicted octanol–water partition coefficient (Wildman–Crippen LogP) is 1.50. The Hall–Kier alpha value is -1.54. The van der Waals surface area contributed by atoms with Crippen molar-refractivity contribution in [3.05, 3.63) is 29.8 Å². The molecular formula is C14H18F2N2O3S. The third-order valence-corrected chi connectivity index (χ3v) is 4.99. The molecule has 8 heteroatoms. The van der Waals surface area contributed by atoms with Crippen LogP contribution in [0.15, 0.2) is 23.1 Å². The molecule has 1 aromatic carbocycles. The van der Waals surface area contributed by atoms with E-state index >= 15 is 0 Å². The van der Waals surface area contributed by atoms with E-state index in [-0.39, 0.29) is 18.4 Å². The quantitative estimate of drug-likeness (QED) is 0.858. The third-order valence-electron chi connectivity index (χ3n) is 3.51. The Morgan fingerprint density at radius 2 is 1.95 bits per heavy atom. The van der Waals surface area contributed by atoms with Crippen LogP contribution in [0, 0.1) is 17.6 Å². The fourth-order valence-corrected chi connectivity index (χ4v) is 3.70. The molecule has 2 rings (SSSR count). The van der Waals surface area contributed by atoms with Gasteiger partial charge in [0.1, 0.15) is 11.6 Å². The SMILES string of the molecule is C[C@H](CNS(=O)(=O)c1c(F)cccc1F)CN1CCCC1=O. The standard InChI is InChI=1S/C14H18F2N2O3S/c1-10(9-18-7-3-6-13(18)19)8-17-22(20,21)14-11(15)4-2-5-12(14)16/h2,4-5,10,17H,3,6-9H2,1H3/t10-/m1/s1. The first-order chi connectivity index (χ1) is 10.3. The van der Waals surface area contributed by atoms with Gasteiger partial charge in [-0.15, -0.1) is 0 Å². The lowest BCUT2D eigenvalue weighted by Crippen LogP contribution is -2.36. The molecule has 22 heavy (non-hydrogen) atoms. The summed E-state index contributed by atoms with van der Waals surface area (Å²) in [6, 6.07) is 2.89. The highest BCUT2D eigenvalue weighted by atomic mass is 32.2. The Bertz CT molecular complexity index is 644. The monoisotopic (exact) mass is 332 g/mol. The molecule has 0 aromatic heterocycles. The van der Waals surface area contributed by atoms with E-state index in [1.807, 2.05) is 0 Å². The largest absolute Gasteiger partial charge is 0.342 e. The molecule has 0 saturated carbocycles. The third kappa shape index (κ3) is 3.80. The number of benzene rings is 1. The van der Waals surface area contributed by atoms with Gasteiger partial charge in [-0.05, 0) is 24.5 Å². The summed E-state index contributed by atoms with van der Waals surface area (Å²) in [5.74, 6) is -2.37. The van der Waals surface area contributed by atoms with Crippen molar-refractivity contribution in [3.8, 4) is 0 Å². The van der Waals surface area contributed by atoms with Crippen LogP contribution < -0.4 is 4.72 Å². The first kappa shape index (κ1) is 16.8. The summed E-state index contributed by atoms with van der Waals surface area (Å²) in [6.45, 7) is 2.85. The molecule has 1 atom stereocenters. The number of carbonyl (C=O) groups excluding carboxylic acids is 1. The highest BCUT2D eigenvalue weighted by Gasteiger charge is 2.26. The van der Waals surface area contributed by atoms with Crippen LogP contribution in [0.4, 0.5) is 8.78 Å². The Balaban J connectivity index is 1.99. The fraction of sp³-hybridized carbons (Fsp3) is 0.500. The topological polar surface area (TPSA) is 66.5 Å². The number of nitrogens with zero attached hydrogens (tertiary/aromatic N) is 1. The minimum Gasteiger partial charge on any atom is -0.342 e. The fourth-order valence-electron chi connectivity index (χ4n) is 2.40. The van der Waals surface area contributed by atoms with Gasteiger partial charge < -0.3 is 4.90 Å². The van der Waals surface area contributed by atoms with Crippen LogP contribution in [0.25, 0.3) is 0 Å². The first-order valence-electron chi connectivity index (χ1n) is 7.02. The molecule has 5 nitrogen and oxygen atoms in total. The van der Waals surface area contributed by atoms with Gasteiger partial charge in [0.2, 0.25) is 15.9 Å². The molecule has 0 bridgehead atoms. The summed E-state index contributed by atoms with van der Waals surface area (Å²) in [5.41, 5.74) is 0. The zero-order valence-corrected chi connectivity index (χ0v) is 13.0. The number of amides is 1. The van der Waals surface area contributed by atoms with Gasteiger partial charge in [0.05, 0.1) is 0 Å².